The molecule has 1 unspecified atom stereocenters. The van der Waals surface area contributed by atoms with E-state index in [0.29, 0.717) is 29.4 Å². The van der Waals surface area contributed by atoms with Crippen molar-refractivity contribution in [1.82, 2.24) is 0 Å². The van der Waals surface area contributed by atoms with Crippen LogP contribution in [-0.4, -0.2) is 36.0 Å². The Hall–Kier alpha value is -2.18. The fourth-order valence-corrected chi connectivity index (χ4v) is 3.74. The van der Waals surface area contributed by atoms with Crippen molar-refractivity contribution in [2.24, 2.45) is 4.99 Å². The molecule has 0 amide bonds. The SMILES string of the molecule is COc1ccc(N2CCC3(O)C(=O)c4ccsc4N=C23)cc1. The Bertz CT molecular complexity index is 781. The normalized spacial score (nSPS) is 23.1. The topological polar surface area (TPSA) is 62.1 Å². The maximum absolute atomic E-state index is 12.6. The number of amidine groups is 1. The van der Waals surface area contributed by atoms with Crippen LogP contribution in [0.5, 0.6) is 5.75 Å². The molecular weight excluding hydrogens is 300 g/mol. The van der Waals surface area contributed by atoms with E-state index in [0.717, 1.165) is 11.4 Å². The molecule has 1 aromatic carbocycles. The predicted molar refractivity (Wildman–Crippen MR) is 85.7 cm³/mol. The second kappa shape index (κ2) is 4.66. The number of hydrogen-bond donors (Lipinski definition) is 1. The summed E-state index contributed by atoms with van der Waals surface area (Å²) in [6.45, 7) is 0.558. The van der Waals surface area contributed by atoms with E-state index in [2.05, 4.69) is 4.99 Å². The molecule has 1 fully saturated rings. The Morgan fingerprint density at radius 1 is 1.32 bits per heavy atom. The number of hydrogen-bond acceptors (Lipinski definition) is 6. The van der Waals surface area contributed by atoms with Crippen LogP contribution in [0.2, 0.25) is 0 Å². The van der Waals surface area contributed by atoms with Crippen molar-refractivity contribution in [3.05, 3.63) is 41.3 Å². The lowest BCUT2D eigenvalue weighted by Crippen LogP contribution is -2.48. The molecule has 1 atom stereocenters. The maximum atomic E-state index is 12.6. The number of carbonyl (C=O) groups excluding carboxylic acids is 1. The van der Waals surface area contributed by atoms with Crippen LogP contribution in [0.4, 0.5) is 10.7 Å². The number of aliphatic hydroxyl groups is 1. The summed E-state index contributed by atoms with van der Waals surface area (Å²) in [6, 6.07) is 9.25. The van der Waals surface area contributed by atoms with Gasteiger partial charge in [-0.05, 0) is 35.7 Å². The van der Waals surface area contributed by atoms with Crippen molar-refractivity contribution < 1.29 is 14.6 Å². The maximum Gasteiger partial charge on any atom is 0.205 e. The summed E-state index contributed by atoms with van der Waals surface area (Å²) >= 11 is 1.41. The molecule has 1 N–H and O–H groups in total. The van der Waals surface area contributed by atoms with E-state index in [1.54, 1.807) is 13.2 Å². The number of ketones is 1. The van der Waals surface area contributed by atoms with Crippen LogP contribution in [0.15, 0.2) is 40.7 Å². The number of nitrogens with zero attached hydrogens (tertiary/aromatic N) is 2. The third kappa shape index (κ3) is 1.74. The van der Waals surface area contributed by atoms with Gasteiger partial charge in [0, 0.05) is 18.7 Å². The quantitative estimate of drug-likeness (QED) is 0.925. The highest BCUT2D eigenvalue weighted by atomic mass is 32.1. The number of benzene rings is 1. The van der Waals surface area contributed by atoms with Crippen molar-refractivity contribution >= 4 is 33.6 Å². The number of fused-ring (bicyclic) bond motifs is 2. The summed E-state index contributed by atoms with van der Waals surface area (Å²) in [6.07, 6.45) is 0.353. The summed E-state index contributed by atoms with van der Waals surface area (Å²) in [5.74, 6) is 0.947. The first-order valence-corrected chi connectivity index (χ1v) is 7.87. The van der Waals surface area contributed by atoms with Crippen LogP contribution in [-0.2, 0) is 0 Å². The summed E-state index contributed by atoms with van der Waals surface area (Å²) < 4.78 is 5.16. The average molecular weight is 314 g/mol. The zero-order chi connectivity index (χ0) is 15.3. The van der Waals surface area contributed by atoms with E-state index in [1.165, 1.54) is 11.3 Å². The molecule has 112 valence electrons. The number of anilines is 1. The van der Waals surface area contributed by atoms with Gasteiger partial charge < -0.3 is 14.7 Å². The van der Waals surface area contributed by atoms with Crippen LogP contribution < -0.4 is 9.64 Å². The van der Waals surface area contributed by atoms with Crippen molar-refractivity contribution in [3.8, 4) is 5.75 Å². The zero-order valence-electron chi connectivity index (χ0n) is 11.9. The third-order valence-electron chi connectivity index (χ3n) is 4.18. The van der Waals surface area contributed by atoms with Crippen LogP contribution in [0, 0.1) is 0 Å². The molecule has 22 heavy (non-hydrogen) atoms. The van der Waals surface area contributed by atoms with Gasteiger partial charge in [0.25, 0.3) is 0 Å². The van der Waals surface area contributed by atoms with E-state index < -0.39 is 5.60 Å². The minimum atomic E-state index is -1.51. The first kappa shape index (κ1) is 13.5. The highest BCUT2D eigenvalue weighted by molar-refractivity contribution is 7.14. The van der Waals surface area contributed by atoms with Gasteiger partial charge in [-0.1, -0.05) is 0 Å². The summed E-state index contributed by atoms with van der Waals surface area (Å²) in [7, 11) is 1.62. The molecule has 1 aromatic heterocycles. The van der Waals surface area contributed by atoms with Crippen LogP contribution in [0.25, 0.3) is 0 Å². The van der Waals surface area contributed by atoms with Crippen LogP contribution >= 0.6 is 11.3 Å². The fraction of sp³-hybridized carbons (Fsp3) is 0.250. The lowest BCUT2D eigenvalue weighted by molar-refractivity contribution is 0.0603. The van der Waals surface area contributed by atoms with Gasteiger partial charge in [-0.25, -0.2) is 4.99 Å². The average Bonchev–Trinajstić information content (AvgIpc) is 3.14. The molecular formula is C16H14N2O3S. The molecule has 2 aliphatic heterocycles. The highest BCUT2D eigenvalue weighted by Crippen LogP contribution is 2.41. The van der Waals surface area contributed by atoms with Crippen molar-refractivity contribution in [3.63, 3.8) is 0 Å². The Balaban J connectivity index is 1.79. The second-order valence-electron chi connectivity index (χ2n) is 5.36. The summed E-state index contributed by atoms with van der Waals surface area (Å²) in [5.41, 5.74) is -0.0929. The van der Waals surface area contributed by atoms with Crippen LogP contribution in [0.3, 0.4) is 0 Å². The number of thiophene rings is 1. The minimum Gasteiger partial charge on any atom is -0.497 e. The Labute approximate surface area is 131 Å². The third-order valence-corrected chi connectivity index (χ3v) is 4.99. The molecule has 6 heteroatoms. The van der Waals surface area contributed by atoms with Gasteiger partial charge in [0.15, 0.2) is 11.4 Å². The molecule has 2 aliphatic rings. The Morgan fingerprint density at radius 2 is 2.09 bits per heavy atom. The number of rotatable bonds is 2. The first-order valence-electron chi connectivity index (χ1n) is 6.99. The lowest BCUT2D eigenvalue weighted by Gasteiger charge is -2.28. The van der Waals surface area contributed by atoms with E-state index in [9.17, 15) is 9.90 Å². The van der Waals surface area contributed by atoms with Gasteiger partial charge in [-0.2, -0.15) is 0 Å². The smallest absolute Gasteiger partial charge is 0.205 e. The van der Waals surface area contributed by atoms with Gasteiger partial charge in [-0.15, -0.1) is 11.3 Å². The number of Topliss-reactive ketones (excluding diaryl/α,β-unsaturated/α-hetero) is 1. The number of aliphatic imine (C=N–C) groups is 1. The molecule has 0 spiro atoms. The Morgan fingerprint density at radius 3 is 2.82 bits per heavy atom. The number of ether oxygens (including phenoxy) is 1. The highest BCUT2D eigenvalue weighted by Gasteiger charge is 2.52. The molecule has 4 rings (SSSR count). The van der Waals surface area contributed by atoms with E-state index in [4.69, 9.17) is 4.74 Å². The predicted octanol–water partition coefficient (Wildman–Crippen LogP) is 2.62. The molecule has 5 nitrogen and oxygen atoms in total. The molecule has 3 heterocycles. The monoisotopic (exact) mass is 314 g/mol. The molecule has 0 aliphatic carbocycles. The molecule has 0 bridgehead atoms. The van der Waals surface area contributed by atoms with Crippen molar-refractivity contribution in [2.45, 2.75) is 12.0 Å². The van der Waals surface area contributed by atoms with Crippen LogP contribution in [0.1, 0.15) is 16.8 Å². The molecule has 2 aromatic rings. The number of methoxy groups -OCH3 is 1. The van der Waals surface area contributed by atoms with Gasteiger partial charge in [-0.3, -0.25) is 4.79 Å². The lowest BCUT2D eigenvalue weighted by atomic mass is 9.90. The largest absolute Gasteiger partial charge is 0.497 e. The fourth-order valence-electron chi connectivity index (χ4n) is 2.98. The zero-order valence-corrected chi connectivity index (χ0v) is 12.8. The van der Waals surface area contributed by atoms with Gasteiger partial charge in [0.1, 0.15) is 10.8 Å². The summed E-state index contributed by atoms with van der Waals surface area (Å²) in [5, 5.41) is 13.3. The first-order chi connectivity index (χ1) is 10.6. The Kier molecular flexibility index (Phi) is 2.85. The van der Waals surface area contributed by atoms with Crippen molar-refractivity contribution in [1.29, 1.82) is 0 Å². The van der Waals surface area contributed by atoms with E-state index in [-0.39, 0.29) is 5.78 Å². The standard InChI is InChI=1S/C16H14N2O3S/c1-21-11-4-2-10(3-5-11)18-8-7-16(20)13(19)12-6-9-22-14(12)17-15(16)18/h2-6,9,20H,7-8H2,1H3. The minimum absolute atomic E-state index is 0.246. The van der Waals surface area contributed by atoms with Gasteiger partial charge in [0.2, 0.25) is 5.78 Å². The van der Waals surface area contributed by atoms with Gasteiger partial charge in [0.05, 0.1) is 12.7 Å². The summed E-state index contributed by atoms with van der Waals surface area (Å²) in [4.78, 5) is 19.0. The van der Waals surface area contributed by atoms with Crippen molar-refractivity contribution in [2.75, 3.05) is 18.6 Å². The molecule has 1 saturated heterocycles. The van der Waals surface area contributed by atoms with E-state index in [1.807, 2.05) is 34.5 Å². The van der Waals surface area contributed by atoms with E-state index >= 15 is 0 Å². The molecule has 0 saturated carbocycles. The second-order valence-corrected chi connectivity index (χ2v) is 6.26. The molecule has 0 radical (unpaired) electrons. The van der Waals surface area contributed by atoms with Gasteiger partial charge >= 0.3 is 0 Å². The number of carbonyl (C=O) groups is 1.